The second-order valence-corrected chi connectivity index (χ2v) is 5.61. The monoisotopic (exact) mass is 264 g/mol. The standard InChI is InChI=1S/C14H20N2OS/c1-4-5-11(9-17-3)15-14-16-12-7-6-10(2)8-13(12)18-14/h6-8,11H,4-5,9H2,1-3H3,(H,15,16). The van der Waals surface area contributed by atoms with Crippen LogP contribution in [0.4, 0.5) is 5.13 Å². The van der Waals surface area contributed by atoms with Crippen molar-refractivity contribution in [2.75, 3.05) is 19.0 Å². The fourth-order valence-corrected chi connectivity index (χ4v) is 3.06. The summed E-state index contributed by atoms with van der Waals surface area (Å²) in [7, 11) is 1.74. The largest absolute Gasteiger partial charge is 0.383 e. The highest BCUT2D eigenvalue weighted by molar-refractivity contribution is 7.22. The first-order valence-electron chi connectivity index (χ1n) is 6.35. The molecule has 1 unspecified atom stereocenters. The van der Waals surface area contributed by atoms with Gasteiger partial charge in [-0.1, -0.05) is 30.7 Å². The number of methoxy groups -OCH3 is 1. The molecule has 1 heterocycles. The normalized spacial score (nSPS) is 12.8. The number of anilines is 1. The van der Waals surface area contributed by atoms with Crippen molar-refractivity contribution in [1.29, 1.82) is 0 Å². The molecule has 1 aromatic heterocycles. The predicted molar refractivity (Wildman–Crippen MR) is 78.6 cm³/mol. The predicted octanol–water partition coefficient (Wildman–Crippen LogP) is 3.83. The van der Waals surface area contributed by atoms with Crippen LogP contribution in [-0.4, -0.2) is 24.7 Å². The molecule has 0 saturated heterocycles. The summed E-state index contributed by atoms with van der Waals surface area (Å²) < 4.78 is 6.48. The maximum absolute atomic E-state index is 5.24. The number of nitrogens with one attached hydrogen (secondary N) is 1. The van der Waals surface area contributed by atoms with Crippen LogP contribution >= 0.6 is 11.3 Å². The van der Waals surface area contributed by atoms with E-state index in [0.29, 0.717) is 6.04 Å². The average Bonchev–Trinajstić information content (AvgIpc) is 2.71. The highest BCUT2D eigenvalue weighted by atomic mass is 32.1. The topological polar surface area (TPSA) is 34.1 Å². The molecule has 18 heavy (non-hydrogen) atoms. The van der Waals surface area contributed by atoms with Crippen LogP contribution in [0.25, 0.3) is 10.2 Å². The van der Waals surface area contributed by atoms with Gasteiger partial charge in [0, 0.05) is 7.11 Å². The molecule has 0 amide bonds. The second kappa shape index (κ2) is 6.16. The summed E-state index contributed by atoms with van der Waals surface area (Å²) in [5.41, 5.74) is 2.35. The van der Waals surface area contributed by atoms with Gasteiger partial charge in [-0.05, 0) is 31.0 Å². The molecule has 1 atom stereocenters. The van der Waals surface area contributed by atoms with E-state index < -0.39 is 0 Å². The molecule has 0 aliphatic rings. The van der Waals surface area contributed by atoms with Crippen molar-refractivity contribution in [3.05, 3.63) is 23.8 Å². The maximum Gasteiger partial charge on any atom is 0.184 e. The zero-order chi connectivity index (χ0) is 13.0. The number of thiazole rings is 1. The minimum atomic E-state index is 0.349. The Labute approximate surface area is 112 Å². The molecule has 2 aromatic rings. The maximum atomic E-state index is 5.24. The number of benzene rings is 1. The van der Waals surface area contributed by atoms with Gasteiger partial charge >= 0.3 is 0 Å². The van der Waals surface area contributed by atoms with Crippen molar-refractivity contribution in [1.82, 2.24) is 4.98 Å². The number of rotatable bonds is 6. The lowest BCUT2D eigenvalue weighted by molar-refractivity contribution is 0.182. The first-order valence-corrected chi connectivity index (χ1v) is 7.17. The molecule has 0 aliphatic carbocycles. The number of aryl methyl sites for hydroxylation is 1. The Kier molecular flexibility index (Phi) is 4.55. The summed E-state index contributed by atoms with van der Waals surface area (Å²) in [5, 5.41) is 4.46. The van der Waals surface area contributed by atoms with E-state index in [0.717, 1.165) is 30.1 Å². The average molecular weight is 264 g/mol. The summed E-state index contributed by atoms with van der Waals surface area (Å²) in [6, 6.07) is 6.72. The van der Waals surface area contributed by atoms with E-state index in [1.165, 1.54) is 10.3 Å². The summed E-state index contributed by atoms with van der Waals surface area (Å²) >= 11 is 1.71. The van der Waals surface area contributed by atoms with Crippen molar-refractivity contribution in [3.8, 4) is 0 Å². The van der Waals surface area contributed by atoms with Gasteiger partial charge in [-0.2, -0.15) is 0 Å². The Bertz CT molecular complexity index is 503. The van der Waals surface area contributed by atoms with Crippen molar-refractivity contribution in [3.63, 3.8) is 0 Å². The van der Waals surface area contributed by atoms with Gasteiger partial charge in [-0.15, -0.1) is 0 Å². The third-order valence-corrected chi connectivity index (χ3v) is 3.83. The van der Waals surface area contributed by atoms with E-state index in [1.807, 2.05) is 0 Å². The van der Waals surface area contributed by atoms with Gasteiger partial charge in [0.15, 0.2) is 5.13 Å². The van der Waals surface area contributed by atoms with Crippen LogP contribution in [0.5, 0.6) is 0 Å². The van der Waals surface area contributed by atoms with Gasteiger partial charge in [-0.3, -0.25) is 0 Å². The molecular weight excluding hydrogens is 244 g/mol. The molecule has 3 nitrogen and oxygen atoms in total. The molecule has 1 aromatic carbocycles. The van der Waals surface area contributed by atoms with Crippen LogP contribution in [0.2, 0.25) is 0 Å². The van der Waals surface area contributed by atoms with Crippen molar-refractivity contribution in [2.24, 2.45) is 0 Å². The number of nitrogens with zero attached hydrogens (tertiary/aromatic N) is 1. The second-order valence-electron chi connectivity index (χ2n) is 4.58. The van der Waals surface area contributed by atoms with Crippen molar-refractivity contribution < 1.29 is 4.74 Å². The van der Waals surface area contributed by atoms with Gasteiger partial charge in [0.2, 0.25) is 0 Å². The van der Waals surface area contributed by atoms with E-state index in [2.05, 4.69) is 42.3 Å². The third-order valence-electron chi connectivity index (χ3n) is 2.88. The van der Waals surface area contributed by atoms with Crippen LogP contribution in [-0.2, 0) is 4.74 Å². The van der Waals surface area contributed by atoms with Gasteiger partial charge in [0.25, 0.3) is 0 Å². The molecule has 98 valence electrons. The fourth-order valence-electron chi connectivity index (χ4n) is 2.02. The first-order chi connectivity index (χ1) is 8.72. The smallest absolute Gasteiger partial charge is 0.184 e. The number of aromatic nitrogens is 1. The molecule has 0 saturated carbocycles. The number of hydrogen-bond acceptors (Lipinski definition) is 4. The SMILES string of the molecule is CCCC(COC)Nc1nc2ccc(C)cc2s1. The molecule has 0 aliphatic heterocycles. The number of fused-ring (bicyclic) bond motifs is 1. The number of ether oxygens (including phenoxy) is 1. The zero-order valence-electron chi connectivity index (χ0n) is 11.2. The first kappa shape index (κ1) is 13.3. The minimum Gasteiger partial charge on any atom is -0.383 e. The number of hydrogen-bond donors (Lipinski definition) is 1. The molecule has 0 bridgehead atoms. The van der Waals surface area contributed by atoms with Gasteiger partial charge in [0.05, 0.1) is 22.9 Å². The molecule has 1 N–H and O–H groups in total. The quantitative estimate of drug-likeness (QED) is 0.861. The van der Waals surface area contributed by atoms with Crippen LogP contribution in [0.15, 0.2) is 18.2 Å². The van der Waals surface area contributed by atoms with Gasteiger partial charge in [-0.25, -0.2) is 4.98 Å². The van der Waals surface area contributed by atoms with Gasteiger partial charge in [0.1, 0.15) is 0 Å². The summed E-state index contributed by atoms with van der Waals surface area (Å²) in [6.07, 6.45) is 2.24. The molecule has 0 radical (unpaired) electrons. The lowest BCUT2D eigenvalue weighted by atomic mass is 10.2. The van der Waals surface area contributed by atoms with E-state index in [9.17, 15) is 0 Å². The van der Waals surface area contributed by atoms with Crippen LogP contribution in [0, 0.1) is 6.92 Å². The Balaban J connectivity index is 2.14. The zero-order valence-corrected chi connectivity index (χ0v) is 12.0. The fraction of sp³-hybridized carbons (Fsp3) is 0.500. The van der Waals surface area contributed by atoms with E-state index in [-0.39, 0.29) is 0 Å². The third kappa shape index (κ3) is 3.21. The molecule has 4 heteroatoms. The molecule has 0 fully saturated rings. The van der Waals surface area contributed by atoms with E-state index in [4.69, 9.17) is 4.74 Å². The summed E-state index contributed by atoms with van der Waals surface area (Å²) in [6.45, 7) is 5.02. The Hall–Kier alpha value is -1.13. The van der Waals surface area contributed by atoms with Crippen LogP contribution < -0.4 is 5.32 Å². The van der Waals surface area contributed by atoms with Crippen LogP contribution in [0.1, 0.15) is 25.3 Å². The lowest BCUT2D eigenvalue weighted by Gasteiger charge is -2.15. The van der Waals surface area contributed by atoms with E-state index >= 15 is 0 Å². The highest BCUT2D eigenvalue weighted by Crippen LogP contribution is 2.27. The lowest BCUT2D eigenvalue weighted by Crippen LogP contribution is -2.24. The van der Waals surface area contributed by atoms with Crippen molar-refractivity contribution >= 4 is 26.7 Å². The Morgan fingerprint density at radius 3 is 3.00 bits per heavy atom. The molecule has 0 spiro atoms. The van der Waals surface area contributed by atoms with E-state index in [1.54, 1.807) is 18.4 Å². The minimum absolute atomic E-state index is 0.349. The molecular formula is C14H20N2OS. The Morgan fingerprint density at radius 1 is 1.44 bits per heavy atom. The van der Waals surface area contributed by atoms with Crippen molar-refractivity contribution in [2.45, 2.75) is 32.7 Å². The molecule has 2 rings (SSSR count). The summed E-state index contributed by atoms with van der Waals surface area (Å²) in [5.74, 6) is 0. The van der Waals surface area contributed by atoms with Crippen LogP contribution in [0.3, 0.4) is 0 Å². The van der Waals surface area contributed by atoms with Gasteiger partial charge < -0.3 is 10.1 Å². The highest BCUT2D eigenvalue weighted by Gasteiger charge is 2.10. The summed E-state index contributed by atoms with van der Waals surface area (Å²) in [4.78, 5) is 4.61. The Morgan fingerprint density at radius 2 is 2.28 bits per heavy atom.